The van der Waals surface area contributed by atoms with E-state index >= 15 is 0 Å². The summed E-state index contributed by atoms with van der Waals surface area (Å²) in [6.07, 6.45) is 3.00. The van der Waals surface area contributed by atoms with Crippen LogP contribution < -0.4 is 0 Å². The van der Waals surface area contributed by atoms with Gasteiger partial charge in [0.2, 0.25) is 0 Å². The van der Waals surface area contributed by atoms with Crippen LogP contribution in [0.5, 0.6) is 0 Å². The van der Waals surface area contributed by atoms with E-state index in [2.05, 4.69) is 45.6 Å². The lowest BCUT2D eigenvalue weighted by atomic mass is 10.1. The molecule has 5 heteroatoms. The number of halogens is 1. The lowest BCUT2D eigenvalue weighted by molar-refractivity contribution is 0.277. The Morgan fingerprint density at radius 1 is 1.29 bits per heavy atom. The van der Waals surface area contributed by atoms with E-state index in [0.29, 0.717) is 5.69 Å². The summed E-state index contributed by atoms with van der Waals surface area (Å²) in [5.74, 6) is 1.07. The highest BCUT2D eigenvalue weighted by atomic mass is 79.9. The minimum atomic E-state index is -0.0440. The van der Waals surface area contributed by atoms with E-state index in [4.69, 9.17) is 9.97 Å². The van der Waals surface area contributed by atoms with Gasteiger partial charge in [0.05, 0.1) is 18.3 Å². The first-order valence-electron chi connectivity index (χ1n) is 8.39. The number of fused-ring (bicyclic) bond motifs is 2. The molecule has 0 fully saturated rings. The monoisotopic (exact) mass is 385 g/mol. The standard InChI is InChI=1S/C19H20BrN3O/c1-3-17-22-18-11(2)8-14(10-24)21-19(18)23(17)16-7-4-12-9-13(20)5-6-15(12)16/h5-6,8-9,16,24H,3-4,7,10H2,1-2H3. The number of aliphatic hydroxyl groups excluding tert-OH is 1. The summed E-state index contributed by atoms with van der Waals surface area (Å²) < 4.78 is 3.42. The topological polar surface area (TPSA) is 50.9 Å². The van der Waals surface area contributed by atoms with Crippen LogP contribution in [0.4, 0.5) is 0 Å². The minimum Gasteiger partial charge on any atom is -0.390 e. The number of rotatable bonds is 3. The maximum Gasteiger partial charge on any atom is 0.161 e. The average molecular weight is 386 g/mol. The van der Waals surface area contributed by atoms with Gasteiger partial charge in [0.1, 0.15) is 11.3 Å². The Morgan fingerprint density at radius 2 is 2.12 bits per heavy atom. The van der Waals surface area contributed by atoms with Gasteiger partial charge in [-0.25, -0.2) is 9.97 Å². The molecule has 2 aromatic heterocycles. The van der Waals surface area contributed by atoms with Crippen molar-refractivity contribution >= 4 is 27.1 Å². The molecule has 0 amide bonds. The minimum absolute atomic E-state index is 0.0440. The summed E-state index contributed by atoms with van der Waals surface area (Å²) in [5.41, 5.74) is 6.39. The zero-order chi connectivity index (χ0) is 16.8. The second-order valence-electron chi connectivity index (χ2n) is 6.41. The fraction of sp³-hybridized carbons (Fsp3) is 0.368. The van der Waals surface area contributed by atoms with E-state index in [1.807, 2.05) is 13.0 Å². The predicted octanol–water partition coefficient (Wildman–Crippen LogP) is 4.09. The first kappa shape index (κ1) is 15.8. The molecule has 0 spiro atoms. The molecule has 1 aromatic carbocycles. The molecule has 0 radical (unpaired) electrons. The molecule has 1 aliphatic rings. The second kappa shape index (κ2) is 5.97. The highest BCUT2D eigenvalue weighted by Crippen LogP contribution is 2.38. The number of pyridine rings is 1. The Balaban J connectivity index is 1.96. The molecule has 1 N–H and O–H groups in total. The highest BCUT2D eigenvalue weighted by Gasteiger charge is 2.28. The SMILES string of the molecule is CCc1nc2c(C)cc(CO)nc2n1C1CCc2cc(Br)ccc21. The highest BCUT2D eigenvalue weighted by molar-refractivity contribution is 9.10. The molecular formula is C19H20BrN3O. The van der Waals surface area contributed by atoms with E-state index in [-0.39, 0.29) is 12.6 Å². The largest absolute Gasteiger partial charge is 0.390 e. The van der Waals surface area contributed by atoms with Gasteiger partial charge < -0.3 is 9.67 Å². The average Bonchev–Trinajstić information content (AvgIpc) is 3.14. The van der Waals surface area contributed by atoms with Crippen molar-refractivity contribution < 1.29 is 5.11 Å². The summed E-state index contributed by atoms with van der Waals surface area (Å²) in [6.45, 7) is 4.13. The smallest absolute Gasteiger partial charge is 0.161 e. The predicted molar refractivity (Wildman–Crippen MR) is 98.2 cm³/mol. The van der Waals surface area contributed by atoms with Gasteiger partial charge in [0, 0.05) is 10.9 Å². The zero-order valence-corrected chi connectivity index (χ0v) is 15.5. The van der Waals surface area contributed by atoms with Gasteiger partial charge in [-0.1, -0.05) is 28.9 Å². The van der Waals surface area contributed by atoms with E-state index in [1.165, 1.54) is 11.1 Å². The fourth-order valence-corrected chi connectivity index (χ4v) is 4.23. The van der Waals surface area contributed by atoms with Crippen molar-refractivity contribution in [1.82, 2.24) is 14.5 Å². The van der Waals surface area contributed by atoms with Gasteiger partial charge in [0.25, 0.3) is 0 Å². The normalized spacial score (nSPS) is 16.8. The number of hydrogen-bond acceptors (Lipinski definition) is 3. The number of nitrogens with zero attached hydrogens (tertiary/aromatic N) is 3. The van der Waals surface area contributed by atoms with Crippen molar-refractivity contribution in [3.05, 3.63) is 56.9 Å². The summed E-state index contributed by atoms with van der Waals surface area (Å²) in [6, 6.07) is 8.75. The molecule has 24 heavy (non-hydrogen) atoms. The molecule has 0 bridgehead atoms. The third kappa shape index (κ3) is 2.38. The van der Waals surface area contributed by atoms with Crippen LogP contribution in [0.15, 0.2) is 28.7 Å². The molecule has 0 saturated carbocycles. The van der Waals surface area contributed by atoms with Crippen LogP contribution in [0.2, 0.25) is 0 Å². The summed E-state index contributed by atoms with van der Waals surface area (Å²) in [4.78, 5) is 9.55. The van der Waals surface area contributed by atoms with Crippen molar-refractivity contribution in [2.45, 2.75) is 45.8 Å². The fourth-order valence-electron chi connectivity index (χ4n) is 3.82. The van der Waals surface area contributed by atoms with Gasteiger partial charge in [-0.2, -0.15) is 0 Å². The third-order valence-corrected chi connectivity index (χ3v) is 5.40. The number of aliphatic hydroxyl groups is 1. The van der Waals surface area contributed by atoms with Crippen molar-refractivity contribution in [1.29, 1.82) is 0 Å². The first-order chi connectivity index (χ1) is 11.6. The molecule has 124 valence electrons. The summed E-state index contributed by atoms with van der Waals surface area (Å²) in [5, 5.41) is 9.53. The van der Waals surface area contributed by atoms with Crippen molar-refractivity contribution in [2.24, 2.45) is 0 Å². The van der Waals surface area contributed by atoms with Gasteiger partial charge in [-0.05, 0) is 54.7 Å². The van der Waals surface area contributed by atoms with E-state index in [0.717, 1.165) is 46.3 Å². The molecule has 1 atom stereocenters. The molecule has 4 rings (SSSR count). The molecule has 1 unspecified atom stereocenters. The van der Waals surface area contributed by atoms with Crippen molar-refractivity contribution in [2.75, 3.05) is 0 Å². The number of imidazole rings is 1. The van der Waals surface area contributed by atoms with Crippen LogP contribution >= 0.6 is 15.9 Å². The second-order valence-corrected chi connectivity index (χ2v) is 7.33. The van der Waals surface area contributed by atoms with Crippen LogP contribution in [0, 0.1) is 6.92 Å². The van der Waals surface area contributed by atoms with Crippen LogP contribution in [0.1, 0.15) is 47.6 Å². The summed E-state index contributed by atoms with van der Waals surface area (Å²) in [7, 11) is 0. The molecule has 3 aromatic rings. The third-order valence-electron chi connectivity index (χ3n) is 4.91. The number of aryl methyl sites for hydroxylation is 3. The van der Waals surface area contributed by atoms with Gasteiger partial charge >= 0.3 is 0 Å². The van der Waals surface area contributed by atoms with Gasteiger partial charge in [-0.3, -0.25) is 0 Å². The van der Waals surface area contributed by atoms with Crippen LogP contribution in [0.3, 0.4) is 0 Å². The molecule has 1 aliphatic carbocycles. The number of benzene rings is 1. The summed E-state index contributed by atoms with van der Waals surface area (Å²) >= 11 is 3.57. The van der Waals surface area contributed by atoms with E-state index in [9.17, 15) is 5.11 Å². The molecular weight excluding hydrogens is 366 g/mol. The molecule has 0 saturated heterocycles. The van der Waals surface area contributed by atoms with Gasteiger partial charge in [-0.15, -0.1) is 0 Å². The number of aromatic nitrogens is 3. The van der Waals surface area contributed by atoms with Gasteiger partial charge in [0.15, 0.2) is 5.65 Å². The Morgan fingerprint density at radius 3 is 2.88 bits per heavy atom. The first-order valence-corrected chi connectivity index (χ1v) is 9.18. The Bertz CT molecular complexity index is 932. The van der Waals surface area contributed by atoms with E-state index < -0.39 is 0 Å². The maximum absolute atomic E-state index is 9.53. The Kier molecular flexibility index (Phi) is 3.93. The van der Waals surface area contributed by atoms with Crippen molar-refractivity contribution in [3.8, 4) is 0 Å². The number of hydrogen-bond donors (Lipinski definition) is 1. The quantitative estimate of drug-likeness (QED) is 0.738. The van der Waals surface area contributed by atoms with Crippen LogP contribution in [-0.4, -0.2) is 19.6 Å². The lowest BCUT2D eigenvalue weighted by Gasteiger charge is -2.17. The lowest BCUT2D eigenvalue weighted by Crippen LogP contribution is -2.12. The van der Waals surface area contributed by atoms with Crippen LogP contribution in [0.25, 0.3) is 11.2 Å². The molecule has 4 nitrogen and oxygen atoms in total. The molecule has 0 aliphatic heterocycles. The Labute approximate surface area is 149 Å². The van der Waals surface area contributed by atoms with Crippen LogP contribution in [-0.2, 0) is 19.4 Å². The van der Waals surface area contributed by atoms with Crippen molar-refractivity contribution in [3.63, 3.8) is 0 Å². The zero-order valence-electron chi connectivity index (χ0n) is 13.9. The molecule has 2 heterocycles. The maximum atomic E-state index is 9.53. The Hall–Kier alpha value is -1.72. The van der Waals surface area contributed by atoms with E-state index in [1.54, 1.807) is 0 Å².